The molecule has 2 rings (SSSR count). The Morgan fingerprint density at radius 1 is 1.37 bits per heavy atom. The van der Waals surface area contributed by atoms with Gasteiger partial charge < -0.3 is 9.73 Å². The highest BCUT2D eigenvalue weighted by Crippen LogP contribution is 2.08. The molecule has 1 aromatic rings. The van der Waals surface area contributed by atoms with Crippen molar-refractivity contribution in [1.82, 2.24) is 20.1 Å². The van der Waals surface area contributed by atoms with E-state index in [9.17, 15) is 4.79 Å². The molecule has 1 fully saturated rings. The number of oxazole rings is 1. The van der Waals surface area contributed by atoms with Crippen LogP contribution in [0.4, 0.5) is 0 Å². The van der Waals surface area contributed by atoms with Crippen molar-refractivity contribution in [2.75, 3.05) is 39.3 Å². The molecule has 19 heavy (non-hydrogen) atoms. The summed E-state index contributed by atoms with van der Waals surface area (Å²) in [5.74, 6) is 0.827. The number of likely N-dealkylation sites (N-methyl/N-ethyl adjacent to an activating group) is 1. The Kier molecular flexibility index (Phi) is 4.93. The molecule has 1 aliphatic heterocycles. The van der Waals surface area contributed by atoms with Gasteiger partial charge in [-0.15, -0.1) is 0 Å². The minimum absolute atomic E-state index is 0.114. The SMILES string of the molecule is CCNC(=O)CN1CCN(Cc2coc(C)n2)CC1. The van der Waals surface area contributed by atoms with Crippen molar-refractivity contribution in [3.8, 4) is 0 Å². The molecule has 0 aromatic carbocycles. The molecule has 0 radical (unpaired) electrons. The zero-order valence-electron chi connectivity index (χ0n) is 11.7. The van der Waals surface area contributed by atoms with Gasteiger partial charge >= 0.3 is 0 Å². The third-order valence-corrected chi connectivity index (χ3v) is 3.26. The van der Waals surface area contributed by atoms with Crippen molar-refractivity contribution < 1.29 is 9.21 Å². The van der Waals surface area contributed by atoms with Crippen LogP contribution in [-0.4, -0.2) is 60.0 Å². The standard InChI is InChI=1S/C13H22N4O2/c1-3-14-13(18)9-17-6-4-16(5-7-17)8-12-10-19-11(2)15-12/h10H,3-9H2,1-2H3,(H,14,18). The van der Waals surface area contributed by atoms with Crippen molar-refractivity contribution in [2.45, 2.75) is 20.4 Å². The van der Waals surface area contributed by atoms with Crippen LogP contribution < -0.4 is 5.32 Å². The predicted molar refractivity (Wildman–Crippen MR) is 71.6 cm³/mol. The van der Waals surface area contributed by atoms with Crippen molar-refractivity contribution in [3.05, 3.63) is 17.8 Å². The van der Waals surface area contributed by atoms with Crippen molar-refractivity contribution in [1.29, 1.82) is 0 Å². The summed E-state index contributed by atoms with van der Waals surface area (Å²) in [5.41, 5.74) is 0.981. The Bertz CT molecular complexity index is 411. The molecule has 0 spiro atoms. The summed E-state index contributed by atoms with van der Waals surface area (Å²) in [6.07, 6.45) is 1.72. The van der Waals surface area contributed by atoms with Gasteiger partial charge in [-0.25, -0.2) is 4.98 Å². The second-order valence-electron chi connectivity index (χ2n) is 4.86. The fourth-order valence-electron chi connectivity index (χ4n) is 2.27. The quantitative estimate of drug-likeness (QED) is 0.827. The maximum Gasteiger partial charge on any atom is 0.234 e. The normalized spacial score (nSPS) is 17.6. The fourth-order valence-corrected chi connectivity index (χ4v) is 2.27. The van der Waals surface area contributed by atoms with E-state index in [0.717, 1.165) is 38.4 Å². The van der Waals surface area contributed by atoms with Crippen LogP contribution in [0.15, 0.2) is 10.7 Å². The average molecular weight is 266 g/mol. The van der Waals surface area contributed by atoms with E-state index in [1.807, 2.05) is 13.8 Å². The van der Waals surface area contributed by atoms with Gasteiger partial charge in [0, 0.05) is 46.2 Å². The van der Waals surface area contributed by atoms with Crippen LogP contribution in [0.2, 0.25) is 0 Å². The van der Waals surface area contributed by atoms with E-state index >= 15 is 0 Å². The summed E-state index contributed by atoms with van der Waals surface area (Å²) in [6, 6.07) is 0. The molecule has 6 nitrogen and oxygen atoms in total. The summed E-state index contributed by atoms with van der Waals surface area (Å²) in [5, 5.41) is 2.83. The fraction of sp³-hybridized carbons (Fsp3) is 0.692. The molecular formula is C13H22N4O2. The van der Waals surface area contributed by atoms with E-state index < -0.39 is 0 Å². The van der Waals surface area contributed by atoms with E-state index in [1.165, 1.54) is 0 Å². The molecule has 0 unspecified atom stereocenters. The molecule has 1 aromatic heterocycles. The predicted octanol–water partition coefficient (Wildman–Crippen LogP) is 0.237. The Labute approximate surface area is 113 Å². The number of piperazine rings is 1. The highest BCUT2D eigenvalue weighted by molar-refractivity contribution is 5.77. The summed E-state index contributed by atoms with van der Waals surface area (Å²) < 4.78 is 5.21. The number of aryl methyl sites for hydroxylation is 1. The van der Waals surface area contributed by atoms with Crippen molar-refractivity contribution >= 4 is 5.91 Å². The molecule has 1 saturated heterocycles. The van der Waals surface area contributed by atoms with E-state index in [2.05, 4.69) is 20.1 Å². The molecule has 0 bridgehead atoms. The van der Waals surface area contributed by atoms with Gasteiger partial charge in [0.25, 0.3) is 0 Å². The molecule has 0 atom stereocenters. The lowest BCUT2D eigenvalue weighted by Gasteiger charge is -2.33. The zero-order chi connectivity index (χ0) is 13.7. The molecule has 2 heterocycles. The first-order valence-electron chi connectivity index (χ1n) is 6.79. The number of nitrogens with one attached hydrogen (secondary N) is 1. The van der Waals surface area contributed by atoms with Gasteiger partial charge in [0.15, 0.2) is 5.89 Å². The lowest BCUT2D eigenvalue weighted by molar-refractivity contribution is -0.122. The lowest BCUT2D eigenvalue weighted by atomic mass is 10.3. The first kappa shape index (κ1) is 14.0. The molecule has 0 saturated carbocycles. The Morgan fingerprint density at radius 2 is 2.05 bits per heavy atom. The Hall–Kier alpha value is -1.40. The molecule has 1 aliphatic rings. The second-order valence-corrected chi connectivity index (χ2v) is 4.86. The first-order valence-corrected chi connectivity index (χ1v) is 6.79. The van der Waals surface area contributed by atoms with Crippen LogP contribution in [0.25, 0.3) is 0 Å². The Morgan fingerprint density at radius 3 is 2.63 bits per heavy atom. The minimum atomic E-state index is 0.114. The van der Waals surface area contributed by atoms with E-state index in [0.29, 0.717) is 19.0 Å². The van der Waals surface area contributed by atoms with Gasteiger partial charge in [-0.05, 0) is 6.92 Å². The second kappa shape index (κ2) is 6.68. The summed E-state index contributed by atoms with van der Waals surface area (Å²) >= 11 is 0. The topological polar surface area (TPSA) is 61.6 Å². The average Bonchev–Trinajstić information content (AvgIpc) is 2.78. The van der Waals surface area contributed by atoms with Crippen LogP contribution in [0.5, 0.6) is 0 Å². The number of hydrogen-bond donors (Lipinski definition) is 1. The van der Waals surface area contributed by atoms with Crippen molar-refractivity contribution in [3.63, 3.8) is 0 Å². The highest BCUT2D eigenvalue weighted by atomic mass is 16.3. The molecule has 0 aliphatic carbocycles. The van der Waals surface area contributed by atoms with Crippen LogP contribution >= 0.6 is 0 Å². The molecule has 1 amide bonds. The number of nitrogens with zero attached hydrogens (tertiary/aromatic N) is 3. The number of carbonyl (C=O) groups is 1. The highest BCUT2D eigenvalue weighted by Gasteiger charge is 2.19. The first-order chi connectivity index (χ1) is 9.17. The summed E-state index contributed by atoms with van der Waals surface area (Å²) in [6.45, 7) is 9.60. The smallest absolute Gasteiger partial charge is 0.234 e. The van der Waals surface area contributed by atoms with Gasteiger partial charge in [-0.1, -0.05) is 0 Å². The van der Waals surface area contributed by atoms with Crippen molar-refractivity contribution in [2.24, 2.45) is 0 Å². The maximum atomic E-state index is 11.5. The zero-order valence-corrected chi connectivity index (χ0v) is 11.7. The van der Waals surface area contributed by atoms with Gasteiger partial charge in [0.1, 0.15) is 6.26 Å². The summed E-state index contributed by atoms with van der Waals surface area (Å²) in [7, 11) is 0. The van der Waals surface area contributed by atoms with Gasteiger partial charge in [-0.2, -0.15) is 0 Å². The number of aromatic nitrogens is 1. The summed E-state index contributed by atoms with van der Waals surface area (Å²) in [4.78, 5) is 20.3. The monoisotopic (exact) mass is 266 g/mol. The van der Waals surface area contributed by atoms with E-state index in [-0.39, 0.29) is 5.91 Å². The van der Waals surface area contributed by atoms with E-state index in [1.54, 1.807) is 6.26 Å². The third-order valence-electron chi connectivity index (χ3n) is 3.26. The van der Waals surface area contributed by atoms with Crippen LogP contribution in [0.1, 0.15) is 18.5 Å². The lowest BCUT2D eigenvalue weighted by Crippen LogP contribution is -2.49. The maximum absolute atomic E-state index is 11.5. The van der Waals surface area contributed by atoms with E-state index in [4.69, 9.17) is 4.42 Å². The third kappa shape index (κ3) is 4.33. The van der Waals surface area contributed by atoms with Gasteiger partial charge in [-0.3, -0.25) is 14.6 Å². The van der Waals surface area contributed by atoms with Gasteiger partial charge in [0.05, 0.1) is 12.2 Å². The number of rotatable bonds is 5. The van der Waals surface area contributed by atoms with Crippen LogP contribution in [0.3, 0.4) is 0 Å². The number of amides is 1. The Balaban J connectivity index is 1.71. The van der Waals surface area contributed by atoms with Crippen LogP contribution in [-0.2, 0) is 11.3 Å². The minimum Gasteiger partial charge on any atom is -0.449 e. The molecule has 6 heteroatoms. The van der Waals surface area contributed by atoms with Crippen LogP contribution in [0, 0.1) is 6.92 Å². The van der Waals surface area contributed by atoms with Gasteiger partial charge in [0.2, 0.25) is 5.91 Å². The number of hydrogen-bond acceptors (Lipinski definition) is 5. The molecular weight excluding hydrogens is 244 g/mol. The number of carbonyl (C=O) groups excluding carboxylic acids is 1. The molecule has 1 N–H and O–H groups in total. The molecule has 106 valence electrons. The largest absolute Gasteiger partial charge is 0.449 e.